The van der Waals surface area contributed by atoms with E-state index in [1.165, 1.54) is 0 Å². The van der Waals surface area contributed by atoms with E-state index in [0.717, 1.165) is 18.4 Å². The van der Waals surface area contributed by atoms with Gasteiger partial charge in [-0.15, -0.1) is 0 Å². The average molecular weight is 486 g/mol. The summed E-state index contributed by atoms with van der Waals surface area (Å²) in [4.78, 5) is 46.3. The van der Waals surface area contributed by atoms with E-state index in [0.29, 0.717) is 19.3 Å². The Morgan fingerprint density at radius 1 is 1.22 bits per heavy atom. The van der Waals surface area contributed by atoms with Crippen molar-refractivity contribution in [2.75, 3.05) is 6.61 Å². The number of hydrogen-bond donors (Lipinski definition) is 2. The van der Waals surface area contributed by atoms with Crippen molar-refractivity contribution in [3.05, 3.63) is 11.6 Å². The molecule has 0 aromatic carbocycles. The summed E-state index contributed by atoms with van der Waals surface area (Å²) >= 11 is 0. The summed E-state index contributed by atoms with van der Waals surface area (Å²) in [6.45, 7) is 2.92. The maximum Gasteiger partial charge on any atom is 1.00 e. The second kappa shape index (κ2) is 9.87. The van der Waals surface area contributed by atoms with Crippen molar-refractivity contribution in [3.8, 4) is 0 Å². The predicted octanol–water partition coefficient (Wildman–Crippen LogP) is -5.36. The number of rotatable bonds is 4. The van der Waals surface area contributed by atoms with Crippen LogP contribution >= 0.6 is 7.82 Å². The Labute approximate surface area is 232 Å². The van der Waals surface area contributed by atoms with Gasteiger partial charge in [0, 0.05) is 11.8 Å². The van der Waals surface area contributed by atoms with E-state index in [2.05, 4.69) is 11.4 Å². The molecule has 0 radical (unpaired) electrons. The fraction of sp³-hybridized carbons (Fsp3) is 0.810. The van der Waals surface area contributed by atoms with Crippen LogP contribution in [0.5, 0.6) is 0 Å². The first-order valence-corrected chi connectivity index (χ1v) is 12.1. The maximum absolute atomic E-state index is 12.8. The van der Waals surface area contributed by atoms with Gasteiger partial charge < -0.3 is 29.1 Å². The number of Topliss-reactive ketones (excluding diaryl/α,β-unsaturated/α-hetero) is 1. The second-order valence-corrected chi connectivity index (χ2v) is 11.3. The Morgan fingerprint density at radius 2 is 1.88 bits per heavy atom. The number of phosphoric ester groups is 1. The molecule has 0 aliphatic heterocycles. The van der Waals surface area contributed by atoms with E-state index in [1.807, 2.05) is 0 Å². The van der Waals surface area contributed by atoms with E-state index in [-0.39, 0.29) is 101 Å². The third-order valence-electron chi connectivity index (χ3n) is 8.86. The fourth-order valence-corrected chi connectivity index (χ4v) is 7.68. The normalized spacial score (nSPS) is 43.1. The van der Waals surface area contributed by atoms with Crippen LogP contribution in [0, 0.1) is 28.6 Å². The molecule has 0 spiro atoms. The van der Waals surface area contributed by atoms with Gasteiger partial charge in [-0.25, -0.2) is 0 Å². The summed E-state index contributed by atoms with van der Waals surface area (Å²) in [5, 5.41) is 22.6. The molecule has 3 saturated carbocycles. The minimum absolute atomic E-state index is 0. The van der Waals surface area contributed by atoms with E-state index < -0.39 is 37.3 Å². The fourth-order valence-electron chi connectivity index (χ4n) is 7.41. The van der Waals surface area contributed by atoms with Gasteiger partial charge in [-0.05, 0) is 67.8 Å². The minimum Gasteiger partial charge on any atom is -0.790 e. The molecule has 8 nitrogen and oxygen atoms in total. The first-order valence-electron chi connectivity index (χ1n) is 10.7. The molecule has 32 heavy (non-hydrogen) atoms. The number of allylic oxidation sites excluding steroid dienone is 1. The zero-order valence-corrected chi connectivity index (χ0v) is 24.2. The number of aliphatic hydroxyl groups is 2. The standard InChI is InChI=1S/C21H31O8P.2Na/c1-19-7-5-13(22)9-12(19)3-4-14-15-6-8-21(25,17(24)11-29-30(26,27)28)20(15,2)10-16(23)18(14)19;;/h9,14-16,18,23,25H,3-8,10-11H2,1-2H3,(H2,26,27,28);;/q;2*+1/p-2/t14-,15-,16-,18?,19-,20-,21-;;/m0../s1. The zero-order valence-electron chi connectivity index (χ0n) is 19.3. The molecular weight excluding hydrogens is 457 g/mol. The van der Waals surface area contributed by atoms with Crippen molar-refractivity contribution < 1.29 is 97.8 Å². The Kier molecular flexibility index (Phi) is 9.05. The zero-order chi connectivity index (χ0) is 22.1. The number of hydrogen-bond acceptors (Lipinski definition) is 8. The SMILES string of the molecule is C[C@]12CCC(=O)C=C1CC[C@@H]1C2[C@@H](O)C[C@@]2(C)[C@H]1CC[C@]2(O)C(=O)COP(=O)([O-])[O-].[Na+].[Na+]. The number of carbonyl (C=O) groups excluding carboxylic acids is 2. The van der Waals surface area contributed by atoms with Gasteiger partial charge in [-0.2, -0.15) is 0 Å². The maximum atomic E-state index is 12.8. The molecule has 168 valence electrons. The van der Waals surface area contributed by atoms with Gasteiger partial charge >= 0.3 is 59.1 Å². The largest absolute Gasteiger partial charge is 1.00 e. The molecule has 2 N–H and O–H groups in total. The van der Waals surface area contributed by atoms with Crippen LogP contribution in [0.25, 0.3) is 0 Å². The number of fused-ring (bicyclic) bond motifs is 5. The Balaban J connectivity index is 0.00000181. The molecule has 3 fully saturated rings. The summed E-state index contributed by atoms with van der Waals surface area (Å²) in [7, 11) is -5.33. The molecular formula is C21H29Na2O8P. The third-order valence-corrected chi connectivity index (χ3v) is 9.31. The smallest absolute Gasteiger partial charge is 0.790 e. The van der Waals surface area contributed by atoms with Crippen LogP contribution in [0.2, 0.25) is 0 Å². The average Bonchev–Trinajstić information content (AvgIpc) is 2.91. The Bertz CT molecular complexity index is 859. The molecule has 0 aromatic rings. The molecule has 0 saturated heterocycles. The van der Waals surface area contributed by atoms with Crippen molar-refractivity contribution in [1.82, 2.24) is 0 Å². The van der Waals surface area contributed by atoms with Crippen LogP contribution in [0.1, 0.15) is 58.8 Å². The van der Waals surface area contributed by atoms with Crippen molar-refractivity contribution in [2.45, 2.75) is 70.5 Å². The Morgan fingerprint density at radius 3 is 2.50 bits per heavy atom. The molecule has 0 aromatic heterocycles. The molecule has 4 aliphatic carbocycles. The van der Waals surface area contributed by atoms with Gasteiger partial charge in [0.2, 0.25) is 0 Å². The molecule has 7 atom stereocenters. The third kappa shape index (κ3) is 4.62. The summed E-state index contributed by atoms with van der Waals surface area (Å²) in [5.74, 6) is -0.688. The molecule has 0 bridgehead atoms. The first kappa shape index (κ1) is 29.3. The van der Waals surface area contributed by atoms with Crippen molar-refractivity contribution >= 4 is 19.4 Å². The van der Waals surface area contributed by atoms with E-state index in [1.54, 1.807) is 13.0 Å². The number of phosphoric acid groups is 1. The molecule has 11 heteroatoms. The predicted molar refractivity (Wildman–Crippen MR) is 102 cm³/mol. The Hall–Kier alpha value is 1.11. The summed E-state index contributed by atoms with van der Waals surface area (Å²) in [6.07, 6.45) is 4.59. The van der Waals surface area contributed by atoms with Gasteiger partial charge in [0.05, 0.1) is 13.9 Å². The van der Waals surface area contributed by atoms with Gasteiger partial charge in [0.1, 0.15) is 12.2 Å². The van der Waals surface area contributed by atoms with Crippen LogP contribution in [0.4, 0.5) is 0 Å². The molecule has 4 rings (SSSR count). The quantitative estimate of drug-likeness (QED) is 0.296. The summed E-state index contributed by atoms with van der Waals surface area (Å²) < 4.78 is 15.0. The van der Waals surface area contributed by atoms with Crippen molar-refractivity contribution in [2.24, 2.45) is 28.6 Å². The van der Waals surface area contributed by atoms with Gasteiger partial charge in [0.15, 0.2) is 11.6 Å². The van der Waals surface area contributed by atoms with Crippen molar-refractivity contribution in [3.63, 3.8) is 0 Å². The molecule has 0 amide bonds. The van der Waals surface area contributed by atoms with Crippen molar-refractivity contribution in [1.29, 1.82) is 0 Å². The molecule has 4 aliphatic rings. The van der Waals surface area contributed by atoms with E-state index in [4.69, 9.17) is 0 Å². The number of ketones is 2. The molecule has 0 heterocycles. The monoisotopic (exact) mass is 486 g/mol. The van der Waals surface area contributed by atoms with Crippen LogP contribution in [-0.2, 0) is 18.7 Å². The first-order chi connectivity index (χ1) is 13.8. The van der Waals surface area contributed by atoms with Crippen LogP contribution in [0.3, 0.4) is 0 Å². The summed E-state index contributed by atoms with van der Waals surface area (Å²) in [6, 6.07) is 0. The van der Waals surface area contributed by atoms with E-state index in [9.17, 15) is 34.2 Å². The number of aliphatic hydroxyl groups excluding tert-OH is 1. The van der Waals surface area contributed by atoms with Crippen LogP contribution in [0.15, 0.2) is 11.6 Å². The van der Waals surface area contributed by atoms with Crippen LogP contribution in [-0.4, -0.2) is 40.1 Å². The van der Waals surface area contributed by atoms with Crippen LogP contribution < -0.4 is 68.9 Å². The van der Waals surface area contributed by atoms with Gasteiger partial charge in [-0.1, -0.05) is 19.4 Å². The molecule has 1 unspecified atom stereocenters. The van der Waals surface area contributed by atoms with Gasteiger partial charge in [0.25, 0.3) is 0 Å². The number of carbonyl (C=O) groups is 2. The summed E-state index contributed by atoms with van der Waals surface area (Å²) in [5.41, 5.74) is -1.96. The van der Waals surface area contributed by atoms with Gasteiger partial charge in [-0.3, -0.25) is 9.59 Å². The minimum atomic E-state index is -5.33. The topological polar surface area (TPSA) is 147 Å². The van der Waals surface area contributed by atoms with E-state index >= 15 is 0 Å². The second-order valence-electron chi connectivity index (χ2n) is 10.1.